The van der Waals surface area contributed by atoms with E-state index in [2.05, 4.69) is 77.8 Å². The molecule has 0 bridgehead atoms. The van der Waals surface area contributed by atoms with Gasteiger partial charge in [-0.25, -0.2) is 0 Å². The Morgan fingerprint density at radius 1 is 1.00 bits per heavy atom. The van der Waals surface area contributed by atoms with Crippen LogP contribution in [-0.2, 0) is 0 Å². The van der Waals surface area contributed by atoms with E-state index in [-0.39, 0.29) is 5.75 Å². The smallest absolute Gasteiger partial charge is 0.138 e. The summed E-state index contributed by atoms with van der Waals surface area (Å²) in [6.07, 6.45) is 1.73. The molecule has 122 valence electrons. The van der Waals surface area contributed by atoms with Crippen LogP contribution in [0.15, 0.2) is 44.3 Å². The summed E-state index contributed by atoms with van der Waals surface area (Å²) in [6.45, 7) is 8.69. The average molecular weight is 439 g/mol. The zero-order chi connectivity index (χ0) is 17.1. The van der Waals surface area contributed by atoms with Gasteiger partial charge in [-0.1, -0.05) is 61.8 Å². The number of benzene rings is 2. The van der Waals surface area contributed by atoms with Crippen LogP contribution in [0.3, 0.4) is 0 Å². The summed E-state index contributed by atoms with van der Waals surface area (Å²) in [5.74, 6) is 0.984. The second-order valence-electron chi connectivity index (χ2n) is 6.18. The van der Waals surface area contributed by atoms with E-state index in [1.807, 2.05) is 12.1 Å². The third kappa shape index (κ3) is 4.24. The van der Waals surface area contributed by atoms with Crippen molar-refractivity contribution < 1.29 is 5.11 Å². The SMILES string of the molecule is CC(C)c1cccc(C(C)C)c1N=Cc1cc(Br)cc(Br)c1O. The molecule has 2 aromatic carbocycles. The second kappa shape index (κ2) is 7.63. The number of rotatable bonds is 4. The highest BCUT2D eigenvalue weighted by Gasteiger charge is 2.13. The molecule has 1 N–H and O–H groups in total. The number of hydrogen-bond acceptors (Lipinski definition) is 2. The van der Waals surface area contributed by atoms with Gasteiger partial charge in [0, 0.05) is 16.3 Å². The number of aromatic hydroxyl groups is 1. The van der Waals surface area contributed by atoms with Crippen molar-refractivity contribution in [3.05, 3.63) is 56.0 Å². The van der Waals surface area contributed by atoms with Crippen LogP contribution in [0.2, 0.25) is 0 Å². The normalized spacial score (nSPS) is 11.8. The van der Waals surface area contributed by atoms with E-state index in [0.29, 0.717) is 21.9 Å². The van der Waals surface area contributed by atoms with Gasteiger partial charge in [-0.2, -0.15) is 0 Å². The van der Waals surface area contributed by atoms with Gasteiger partial charge >= 0.3 is 0 Å². The first kappa shape index (κ1) is 18.2. The molecule has 0 aliphatic heterocycles. The zero-order valence-corrected chi connectivity index (χ0v) is 16.9. The molecule has 0 aromatic heterocycles. The van der Waals surface area contributed by atoms with Gasteiger partial charge in [0.2, 0.25) is 0 Å². The largest absolute Gasteiger partial charge is 0.506 e. The number of halogens is 2. The molecule has 0 unspecified atom stereocenters. The molecule has 0 atom stereocenters. The minimum Gasteiger partial charge on any atom is -0.506 e. The van der Waals surface area contributed by atoms with Gasteiger partial charge in [0.25, 0.3) is 0 Å². The first-order valence-corrected chi connectivity index (χ1v) is 9.24. The predicted molar refractivity (Wildman–Crippen MR) is 105 cm³/mol. The van der Waals surface area contributed by atoms with Gasteiger partial charge < -0.3 is 5.11 Å². The molecule has 0 saturated heterocycles. The lowest BCUT2D eigenvalue weighted by Gasteiger charge is -2.16. The third-order valence-electron chi connectivity index (χ3n) is 3.73. The van der Waals surface area contributed by atoms with Gasteiger partial charge in [0.15, 0.2) is 0 Å². The fourth-order valence-electron chi connectivity index (χ4n) is 2.48. The summed E-state index contributed by atoms with van der Waals surface area (Å²) < 4.78 is 1.54. The molecule has 0 radical (unpaired) electrons. The Kier molecular flexibility index (Phi) is 6.04. The number of para-hydroxylation sites is 1. The number of nitrogens with zero attached hydrogens (tertiary/aromatic N) is 1. The van der Waals surface area contributed by atoms with Crippen molar-refractivity contribution in [3.8, 4) is 5.75 Å². The number of phenols is 1. The van der Waals surface area contributed by atoms with E-state index in [1.165, 1.54) is 11.1 Å². The molecule has 0 aliphatic carbocycles. The Balaban J connectivity index is 2.55. The molecule has 0 saturated carbocycles. The van der Waals surface area contributed by atoms with Gasteiger partial charge in [0.05, 0.1) is 10.2 Å². The molecule has 0 heterocycles. The number of phenolic OH excluding ortho intramolecular Hbond substituents is 1. The van der Waals surface area contributed by atoms with Crippen LogP contribution >= 0.6 is 31.9 Å². The van der Waals surface area contributed by atoms with Crippen LogP contribution < -0.4 is 0 Å². The molecular formula is C19H21Br2NO. The van der Waals surface area contributed by atoms with Crippen LogP contribution in [0.4, 0.5) is 5.69 Å². The molecule has 23 heavy (non-hydrogen) atoms. The van der Waals surface area contributed by atoms with Gasteiger partial charge in [0.1, 0.15) is 5.75 Å². The Hall–Kier alpha value is -1.13. The molecule has 4 heteroatoms. The standard InChI is InChI=1S/C19H21Br2NO/c1-11(2)15-6-5-7-16(12(3)4)18(15)22-10-13-8-14(20)9-17(21)19(13)23/h5-12,23H,1-4H3. The molecular weight excluding hydrogens is 418 g/mol. The van der Waals surface area contributed by atoms with E-state index in [9.17, 15) is 5.11 Å². The minimum atomic E-state index is 0.199. The Morgan fingerprint density at radius 3 is 2.09 bits per heavy atom. The lowest BCUT2D eigenvalue weighted by atomic mass is 9.93. The van der Waals surface area contributed by atoms with Gasteiger partial charge in [-0.15, -0.1) is 0 Å². The first-order valence-electron chi connectivity index (χ1n) is 7.66. The average Bonchev–Trinajstić information content (AvgIpc) is 2.48. The zero-order valence-electron chi connectivity index (χ0n) is 13.8. The fourth-order valence-corrected chi connectivity index (χ4v) is 3.74. The summed E-state index contributed by atoms with van der Waals surface area (Å²) in [6, 6.07) is 10.0. The Bertz CT molecular complexity index is 710. The Morgan fingerprint density at radius 2 is 1.57 bits per heavy atom. The van der Waals surface area contributed by atoms with Crippen LogP contribution in [0.5, 0.6) is 5.75 Å². The highest BCUT2D eigenvalue weighted by Crippen LogP contribution is 2.36. The van der Waals surface area contributed by atoms with Crippen molar-refractivity contribution in [1.82, 2.24) is 0 Å². The maximum atomic E-state index is 10.2. The van der Waals surface area contributed by atoms with Crippen LogP contribution in [-0.4, -0.2) is 11.3 Å². The number of aliphatic imine (C=N–C) groups is 1. The lowest BCUT2D eigenvalue weighted by Crippen LogP contribution is -1.96. The summed E-state index contributed by atoms with van der Waals surface area (Å²) in [5.41, 5.74) is 4.13. The van der Waals surface area contributed by atoms with Gasteiger partial charge in [-0.05, 0) is 51.0 Å². The van der Waals surface area contributed by atoms with Crippen molar-refractivity contribution in [2.75, 3.05) is 0 Å². The topological polar surface area (TPSA) is 32.6 Å². The van der Waals surface area contributed by atoms with Crippen LogP contribution in [0.25, 0.3) is 0 Å². The summed E-state index contributed by atoms with van der Waals surface area (Å²) in [7, 11) is 0. The molecule has 2 rings (SSSR count). The summed E-state index contributed by atoms with van der Waals surface area (Å²) >= 11 is 6.80. The molecule has 0 aliphatic rings. The predicted octanol–water partition coefficient (Wildman–Crippen LogP) is 6.91. The lowest BCUT2D eigenvalue weighted by molar-refractivity contribution is 0.471. The maximum Gasteiger partial charge on any atom is 0.138 e. The van der Waals surface area contributed by atoms with Crippen molar-refractivity contribution >= 4 is 43.8 Å². The molecule has 2 aromatic rings. The van der Waals surface area contributed by atoms with Crippen LogP contribution in [0, 0.1) is 0 Å². The maximum absolute atomic E-state index is 10.2. The van der Waals surface area contributed by atoms with Crippen molar-refractivity contribution in [3.63, 3.8) is 0 Å². The van der Waals surface area contributed by atoms with E-state index in [1.54, 1.807) is 6.21 Å². The van der Waals surface area contributed by atoms with Crippen molar-refractivity contribution in [2.24, 2.45) is 4.99 Å². The first-order chi connectivity index (χ1) is 10.8. The third-order valence-corrected chi connectivity index (χ3v) is 4.80. The van der Waals surface area contributed by atoms with E-state index < -0.39 is 0 Å². The van der Waals surface area contributed by atoms with Gasteiger partial charge in [-0.3, -0.25) is 4.99 Å². The minimum absolute atomic E-state index is 0.199. The monoisotopic (exact) mass is 437 g/mol. The van der Waals surface area contributed by atoms with Crippen LogP contribution in [0.1, 0.15) is 56.2 Å². The Labute approximate surface area is 154 Å². The quantitative estimate of drug-likeness (QED) is 0.516. The fraction of sp³-hybridized carbons (Fsp3) is 0.316. The second-order valence-corrected chi connectivity index (χ2v) is 7.95. The van der Waals surface area contributed by atoms with Crippen molar-refractivity contribution in [1.29, 1.82) is 0 Å². The van der Waals surface area contributed by atoms with E-state index >= 15 is 0 Å². The molecule has 0 amide bonds. The van der Waals surface area contributed by atoms with Crippen molar-refractivity contribution in [2.45, 2.75) is 39.5 Å². The molecule has 0 spiro atoms. The molecule has 2 nitrogen and oxygen atoms in total. The number of hydrogen-bond donors (Lipinski definition) is 1. The summed E-state index contributed by atoms with van der Waals surface area (Å²) in [4.78, 5) is 4.74. The highest BCUT2D eigenvalue weighted by atomic mass is 79.9. The molecule has 0 fully saturated rings. The van der Waals surface area contributed by atoms with E-state index in [4.69, 9.17) is 4.99 Å². The van der Waals surface area contributed by atoms with E-state index in [0.717, 1.165) is 10.2 Å². The summed E-state index contributed by atoms with van der Waals surface area (Å²) in [5, 5.41) is 10.2. The highest BCUT2D eigenvalue weighted by molar-refractivity contribution is 9.11.